The Morgan fingerprint density at radius 1 is 1.57 bits per heavy atom. The van der Waals surface area contributed by atoms with Crippen LogP contribution in [0.2, 0.25) is 5.02 Å². The summed E-state index contributed by atoms with van der Waals surface area (Å²) in [5, 5.41) is 4.42. The molecule has 118 valence electrons. The number of methoxy groups -OCH3 is 1. The van der Waals surface area contributed by atoms with Gasteiger partial charge in [0.15, 0.2) is 0 Å². The molecule has 1 aliphatic rings. The Balaban J connectivity index is 2.31. The van der Waals surface area contributed by atoms with Gasteiger partial charge in [0.25, 0.3) is 5.56 Å². The molecule has 1 aromatic heterocycles. The number of halogens is 1. The topological polar surface area (TPSA) is 73.4 Å². The summed E-state index contributed by atoms with van der Waals surface area (Å²) in [5.74, 6) is 0. The Morgan fingerprint density at radius 3 is 3.00 bits per heavy atom. The molecular weight excluding hydrogens is 292 g/mol. The summed E-state index contributed by atoms with van der Waals surface area (Å²) in [7, 11) is 1.59. The number of hydrogen-bond donors (Lipinski definition) is 1. The molecule has 2 N–H and O–H groups in total. The molecule has 1 aromatic rings. The molecule has 2 atom stereocenters. The Hall–Kier alpha value is -1.11. The molecule has 0 spiro atoms. The lowest BCUT2D eigenvalue weighted by molar-refractivity contribution is 0.182. The highest BCUT2D eigenvalue weighted by molar-refractivity contribution is 6.33. The molecule has 7 heteroatoms. The fourth-order valence-electron chi connectivity index (χ4n) is 2.80. The predicted octanol–water partition coefficient (Wildman–Crippen LogP) is 1.25. The van der Waals surface area contributed by atoms with Crippen molar-refractivity contribution in [2.75, 3.05) is 25.2 Å². The quantitative estimate of drug-likeness (QED) is 0.885. The number of anilines is 1. The van der Waals surface area contributed by atoms with Crippen LogP contribution in [0.1, 0.15) is 26.2 Å². The maximum atomic E-state index is 12.3. The molecule has 0 aromatic carbocycles. The molecule has 0 saturated carbocycles. The number of ether oxygens (including phenoxy) is 1. The normalized spacial score (nSPS) is 20.6. The van der Waals surface area contributed by atoms with E-state index < -0.39 is 0 Å². The lowest BCUT2D eigenvalue weighted by Gasteiger charge is -2.39. The lowest BCUT2D eigenvalue weighted by Crippen LogP contribution is -2.50. The Labute approximate surface area is 129 Å². The first-order chi connectivity index (χ1) is 10.1. The number of aromatic nitrogens is 2. The fraction of sp³-hybridized carbons (Fsp3) is 0.714. The van der Waals surface area contributed by atoms with E-state index in [1.54, 1.807) is 13.3 Å². The van der Waals surface area contributed by atoms with Crippen LogP contribution in [-0.4, -0.2) is 42.1 Å². The molecule has 1 saturated heterocycles. The summed E-state index contributed by atoms with van der Waals surface area (Å²) >= 11 is 6.28. The van der Waals surface area contributed by atoms with Gasteiger partial charge in [-0.2, -0.15) is 5.10 Å². The third-order valence-corrected chi connectivity index (χ3v) is 4.29. The Bertz CT molecular complexity index is 532. The van der Waals surface area contributed by atoms with E-state index in [0.29, 0.717) is 18.8 Å². The average molecular weight is 315 g/mol. The maximum Gasteiger partial charge on any atom is 0.287 e. The van der Waals surface area contributed by atoms with Crippen molar-refractivity contribution < 1.29 is 4.74 Å². The van der Waals surface area contributed by atoms with Crippen LogP contribution in [0.5, 0.6) is 0 Å². The minimum absolute atomic E-state index is 0.0253. The third-order valence-electron chi connectivity index (χ3n) is 3.94. The van der Waals surface area contributed by atoms with Crippen LogP contribution in [-0.2, 0) is 11.3 Å². The summed E-state index contributed by atoms with van der Waals surface area (Å²) in [5.41, 5.74) is 6.49. The summed E-state index contributed by atoms with van der Waals surface area (Å²) in [4.78, 5) is 14.4. The average Bonchev–Trinajstić information content (AvgIpc) is 2.49. The molecule has 0 aliphatic carbocycles. The molecule has 2 heterocycles. The van der Waals surface area contributed by atoms with Gasteiger partial charge in [-0.25, -0.2) is 4.68 Å². The van der Waals surface area contributed by atoms with Crippen molar-refractivity contribution in [3.63, 3.8) is 0 Å². The van der Waals surface area contributed by atoms with E-state index in [2.05, 4.69) is 10.00 Å². The van der Waals surface area contributed by atoms with E-state index in [9.17, 15) is 4.79 Å². The molecule has 0 radical (unpaired) electrons. The molecule has 0 amide bonds. The van der Waals surface area contributed by atoms with Gasteiger partial charge in [0.05, 0.1) is 25.0 Å². The van der Waals surface area contributed by atoms with Crippen LogP contribution in [0.25, 0.3) is 0 Å². The van der Waals surface area contributed by atoms with Crippen molar-refractivity contribution in [1.29, 1.82) is 0 Å². The highest BCUT2D eigenvalue weighted by atomic mass is 35.5. The van der Waals surface area contributed by atoms with Crippen molar-refractivity contribution in [2.24, 2.45) is 5.73 Å². The standard InChI is InChI=1S/C14H23ClN4O2/c1-10(16)11-5-3-4-6-18(11)12-9-17-19(7-8-21-2)14(20)13(12)15/h9-11H,3-8,16H2,1-2H3. The second-order valence-electron chi connectivity index (χ2n) is 5.48. The summed E-state index contributed by atoms with van der Waals surface area (Å²) in [6, 6.07) is 0.226. The highest BCUT2D eigenvalue weighted by Crippen LogP contribution is 2.29. The van der Waals surface area contributed by atoms with Crippen molar-refractivity contribution >= 4 is 17.3 Å². The number of rotatable bonds is 5. The smallest absolute Gasteiger partial charge is 0.287 e. The predicted molar refractivity (Wildman–Crippen MR) is 84.0 cm³/mol. The zero-order valence-corrected chi connectivity index (χ0v) is 13.3. The van der Waals surface area contributed by atoms with Crippen molar-refractivity contribution in [1.82, 2.24) is 9.78 Å². The van der Waals surface area contributed by atoms with Crippen LogP contribution in [0, 0.1) is 0 Å². The molecule has 1 aliphatic heterocycles. The van der Waals surface area contributed by atoms with Crippen molar-refractivity contribution in [3.8, 4) is 0 Å². The van der Waals surface area contributed by atoms with Gasteiger partial charge < -0.3 is 15.4 Å². The first kappa shape index (κ1) is 16.3. The monoisotopic (exact) mass is 314 g/mol. The minimum atomic E-state index is -0.278. The number of nitrogens with two attached hydrogens (primary N) is 1. The van der Waals surface area contributed by atoms with Crippen LogP contribution in [0.4, 0.5) is 5.69 Å². The van der Waals surface area contributed by atoms with Gasteiger partial charge in [-0.15, -0.1) is 0 Å². The van der Waals surface area contributed by atoms with E-state index in [-0.39, 0.29) is 22.7 Å². The Morgan fingerprint density at radius 2 is 2.33 bits per heavy atom. The fourth-order valence-corrected chi connectivity index (χ4v) is 3.05. The zero-order chi connectivity index (χ0) is 15.4. The number of hydrogen-bond acceptors (Lipinski definition) is 5. The van der Waals surface area contributed by atoms with E-state index in [4.69, 9.17) is 22.1 Å². The van der Waals surface area contributed by atoms with E-state index in [0.717, 1.165) is 25.8 Å². The van der Waals surface area contributed by atoms with Gasteiger partial charge >= 0.3 is 0 Å². The van der Waals surface area contributed by atoms with Gasteiger partial charge in [0.1, 0.15) is 5.02 Å². The number of piperidine rings is 1. The molecule has 21 heavy (non-hydrogen) atoms. The van der Waals surface area contributed by atoms with Gasteiger partial charge in [-0.05, 0) is 26.2 Å². The molecular formula is C14H23ClN4O2. The summed E-state index contributed by atoms with van der Waals surface area (Å²) in [6.45, 7) is 3.67. The maximum absolute atomic E-state index is 12.3. The third kappa shape index (κ3) is 3.56. The van der Waals surface area contributed by atoms with Gasteiger partial charge in [0, 0.05) is 25.7 Å². The van der Waals surface area contributed by atoms with Crippen LogP contribution < -0.4 is 16.2 Å². The summed E-state index contributed by atoms with van der Waals surface area (Å²) in [6.07, 6.45) is 4.91. The first-order valence-electron chi connectivity index (χ1n) is 7.33. The Kier molecular flexibility index (Phi) is 5.61. The second-order valence-corrected chi connectivity index (χ2v) is 5.86. The molecule has 0 bridgehead atoms. The number of nitrogens with zero attached hydrogens (tertiary/aromatic N) is 3. The molecule has 2 rings (SSSR count). The van der Waals surface area contributed by atoms with Crippen LogP contribution >= 0.6 is 11.6 Å². The van der Waals surface area contributed by atoms with E-state index in [1.165, 1.54) is 4.68 Å². The zero-order valence-electron chi connectivity index (χ0n) is 12.6. The SMILES string of the molecule is COCCn1ncc(N2CCCCC2C(C)N)c(Cl)c1=O. The minimum Gasteiger partial charge on any atom is -0.383 e. The highest BCUT2D eigenvalue weighted by Gasteiger charge is 2.28. The van der Waals surface area contributed by atoms with E-state index in [1.807, 2.05) is 6.92 Å². The van der Waals surface area contributed by atoms with Crippen LogP contribution in [0.3, 0.4) is 0 Å². The molecule has 1 fully saturated rings. The van der Waals surface area contributed by atoms with E-state index >= 15 is 0 Å². The van der Waals surface area contributed by atoms with Crippen LogP contribution in [0.15, 0.2) is 11.0 Å². The van der Waals surface area contributed by atoms with Gasteiger partial charge in [-0.1, -0.05) is 11.6 Å². The van der Waals surface area contributed by atoms with Crippen molar-refractivity contribution in [2.45, 2.75) is 44.8 Å². The molecule has 2 unspecified atom stereocenters. The molecule has 6 nitrogen and oxygen atoms in total. The lowest BCUT2D eigenvalue weighted by atomic mass is 9.96. The largest absolute Gasteiger partial charge is 0.383 e. The second kappa shape index (κ2) is 7.24. The first-order valence-corrected chi connectivity index (χ1v) is 7.71. The van der Waals surface area contributed by atoms with Gasteiger partial charge in [0.2, 0.25) is 0 Å². The van der Waals surface area contributed by atoms with Gasteiger partial charge in [-0.3, -0.25) is 4.79 Å². The summed E-state index contributed by atoms with van der Waals surface area (Å²) < 4.78 is 6.30. The van der Waals surface area contributed by atoms with Crippen molar-refractivity contribution in [3.05, 3.63) is 21.6 Å².